The predicted octanol–water partition coefficient (Wildman–Crippen LogP) is 3.11. The number of nitrogens with two attached hydrogens (primary N) is 1. The van der Waals surface area contributed by atoms with Gasteiger partial charge in [0, 0.05) is 23.9 Å². The molecule has 0 saturated heterocycles. The Labute approximate surface area is 116 Å². The van der Waals surface area contributed by atoms with Crippen molar-refractivity contribution in [2.45, 2.75) is 19.9 Å². The fourth-order valence-corrected chi connectivity index (χ4v) is 1.75. The van der Waals surface area contributed by atoms with Crippen LogP contribution in [0.4, 0.5) is 5.69 Å². The van der Waals surface area contributed by atoms with Crippen LogP contribution in [0, 0.1) is 17.0 Å². The van der Waals surface area contributed by atoms with Crippen molar-refractivity contribution in [1.29, 1.82) is 0 Å². The van der Waals surface area contributed by atoms with Gasteiger partial charge in [0.15, 0.2) is 0 Å². The highest BCUT2D eigenvalue weighted by Gasteiger charge is 2.14. The molecule has 1 atom stereocenters. The first-order chi connectivity index (χ1) is 9.49. The summed E-state index contributed by atoms with van der Waals surface area (Å²) < 4.78 is 5.70. The highest BCUT2D eigenvalue weighted by molar-refractivity contribution is 5.46. The molecule has 0 spiro atoms. The molecule has 0 bridgehead atoms. The van der Waals surface area contributed by atoms with Crippen LogP contribution < -0.4 is 10.5 Å². The van der Waals surface area contributed by atoms with Crippen LogP contribution >= 0.6 is 0 Å². The van der Waals surface area contributed by atoms with Crippen LogP contribution in [0.3, 0.4) is 0 Å². The second kappa shape index (κ2) is 5.66. The maximum Gasteiger partial charge on any atom is 0.273 e. The van der Waals surface area contributed by atoms with Crippen molar-refractivity contribution in [3.8, 4) is 11.6 Å². The number of benzene rings is 1. The molecule has 0 saturated carbocycles. The average Bonchev–Trinajstić information content (AvgIpc) is 2.41. The topological polar surface area (TPSA) is 91.3 Å². The minimum absolute atomic E-state index is 0.0242. The van der Waals surface area contributed by atoms with Gasteiger partial charge in [-0.15, -0.1) is 0 Å². The van der Waals surface area contributed by atoms with E-state index in [1.165, 1.54) is 12.1 Å². The summed E-state index contributed by atoms with van der Waals surface area (Å²) in [5.74, 6) is 0.769. The van der Waals surface area contributed by atoms with Gasteiger partial charge in [-0.25, -0.2) is 4.98 Å². The third kappa shape index (κ3) is 2.92. The molecule has 0 amide bonds. The molecule has 1 heterocycles. The molecule has 0 fully saturated rings. The molecular weight excluding hydrogens is 258 g/mol. The fourth-order valence-electron chi connectivity index (χ4n) is 1.75. The summed E-state index contributed by atoms with van der Waals surface area (Å²) in [6.45, 7) is 3.64. The van der Waals surface area contributed by atoms with Crippen molar-refractivity contribution >= 4 is 5.69 Å². The second-order valence-electron chi connectivity index (χ2n) is 4.50. The monoisotopic (exact) mass is 273 g/mol. The Kier molecular flexibility index (Phi) is 3.95. The van der Waals surface area contributed by atoms with E-state index in [2.05, 4.69) is 4.98 Å². The molecule has 0 aliphatic heterocycles. The fraction of sp³-hybridized carbons (Fsp3) is 0.214. The second-order valence-corrected chi connectivity index (χ2v) is 4.50. The highest BCUT2D eigenvalue weighted by Crippen LogP contribution is 2.31. The summed E-state index contributed by atoms with van der Waals surface area (Å²) >= 11 is 0. The van der Waals surface area contributed by atoms with Gasteiger partial charge in [0.2, 0.25) is 5.88 Å². The van der Waals surface area contributed by atoms with E-state index in [-0.39, 0.29) is 11.7 Å². The number of hydrogen-bond acceptors (Lipinski definition) is 5. The molecule has 2 rings (SSSR count). The zero-order chi connectivity index (χ0) is 14.7. The average molecular weight is 273 g/mol. The zero-order valence-electron chi connectivity index (χ0n) is 11.2. The number of nitro benzene ring substituents is 1. The van der Waals surface area contributed by atoms with Gasteiger partial charge in [0.05, 0.1) is 11.0 Å². The molecule has 1 aromatic heterocycles. The van der Waals surface area contributed by atoms with Crippen LogP contribution in [0.5, 0.6) is 11.6 Å². The Morgan fingerprint density at radius 1 is 1.40 bits per heavy atom. The van der Waals surface area contributed by atoms with E-state index in [9.17, 15) is 10.1 Å². The first-order valence-electron chi connectivity index (χ1n) is 6.12. The lowest BCUT2D eigenvalue weighted by atomic mass is 10.1. The van der Waals surface area contributed by atoms with Crippen molar-refractivity contribution in [3.63, 3.8) is 0 Å². The summed E-state index contributed by atoms with van der Waals surface area (Å²) in [4.78, 5) is 14.5. The third-order valence-electron chi connectivity index (χ3n) is 2.88. The molecule has 0 unspecified atom stereocenters. The van der Waals surface area contributed by atoms with Crippen molar-refractivity contribution < 1.29 is 9.66 Å². The first kappa shape index (κ1) is 14.0. The Balaban J connectivity index is 2.40. The van der Waals surface area contributed by atoms with Crippen LogP contribution in [-0.2, 0) is 0 Å². The Morgan fingerprint density at radius 3 is 2.80 bits per heavy atom. The first-order valence-corrected chi connectivity index (χ1v) is 6.12. The van der Waals surface area contributed by atoms with E-state index in [0.717, 1.165) is 11.1 Å². The summed E-state index contributed by atoms with van der Waals surface area (Å²) in [5, 5.41) is 10.8. The van der Waals surface area contributed by atoms with Crippen LogP contribution in [0.2, 0.25) is 0 Å². The largest absolute Gasteiger partial charge is 0.438 e. The van der Waals surface area contributed by atoms with E-state index in [0.29, 0.717) is 11.6 Å². The van der Waals surface area contributed by atoms with Gasteiger partial charge in [-0.2, -0.15) is 0 Å². The van der Waals surface area contributed by atoms with Crippen molar-refractivity contribution in [1.82, 2.24) is 4.98 Å². The molecule has 0 aliphatic rings. The van der Waals surface area contributed by atoms with E-state index >= 15 is 0 Å². The lowest BCUT2D eigenvalue weighted by Crippen LogP contribution is -2.07. The van der Waals surface area contributed by atoms with E-state index in [4.69, 9.17) is 10.5 Å². The number of pyridine rings is 1. The molecule has 0 aliphatic carbocycles. The molecule has 1 aromatic carbocycles. The number of hydrogen-bond donors (Lipinski definition) is 1. The van der Waals surface area contributed by atoms with Gasteiger partial charge in [0.1, 0.15) is 5.75 Å². The Hall–Kier alpha value is -2.47. The van der Waals surface area contributed by atoms with Gasteiger partial charge >= 0.3 is 0 Å². The number of aromatic nitrogens is 1. The minimum atomic E-state index is -0.461. The van der Waals surface area contributed by atoms with Crippen molar-refractivity contribution in [2.24, 2.45) is 5.73 Å². The van der Waals surface area contributed by atoms with Crippen LogP contribution in [0.1, 0.15) is 24.1 Å². The maximum absolute atomic E-state index is 10.8. The van der Waals surface area contributed by atoms with Gasteiger partial charge in [-0.3, -0.25) is 10.1 Å². The molecule has 6 heteroatoms. The SMILES string of the molecule is Cc1ccc([N+](=O)[O-])cc1Oc1ncccc1[C@H](C)N. The molecule has 104 valence electrons. The van der Waals surface area contributed by atoms with Crippen molar-refractivity contribution in [3.05, 3.63) is 57.8 Å². The summed E-state index contributed by atoms with van der Waals surface area (Å²) in [5.41, 5.74) is 7.37. The lowest BCUT2D eigenvalue weighted by Gasteiger charge is -2.13. The number of aryl methyl sites for hydroxylation is 1. The summed E-state index contributed by atoms with van der Waals surface area (Å²) in [7, 11) is 0. The van der Waals surface area contributed by atoms with E-state index < -0.39 is 4.92 Å². The number of ether oxygens (including phenoxy) is 1. The smallest absolute Gasteiger partial charge is 0.273 e. The van der Waals surface area contributed by atoms with Crippen LogP contribution in [0.15, 0.2) is 36.5 Å². The summed E-state index contributed by atoms with van der Waals surface area (Å²) in [6.07, 6.45) is 1.59. The van der Waals surface area contributed by atoms with Gasteiger partial charge < -0.3 is 10.5 Å². The van der Waals surface area contributed by atoms with Gasteiger partial charge in [0.25, 0.3) is 5.69 Å². The highest BCUT2D eigenvalue weighted by atomic mass is 16.6. The lowest BCUT2D eigenvalue weighted by molar-refractivity contribution is -0.384. The predicted molar refractivity (Wildman–Crippen MR) is 74.7 cm³/mol. The number of non-ortho nitro benzene ring substituents is 1. The normalized spacial score (nSPS) is 11.9. The van der Waals surface area contributed by atoms with Crippen LogP contribution in [-0.4, -0.2) is 9.91 Å². The zero-order valence-corrected chi connectivity index (χ0v) is 11.2. The third-order valence-corrected chi connectivity index (χ3v) is 2.88. The molecule has 2 aromatic rings. The quantitative estimate of drug-likeness (QED) is 0.682. The number of nitro groups is 1. The van der Waals surface area contributed by atoms with Crippen molar-refractivity contribution in [2.75, 3.05) is 0 Å². The molecule has 0 radical (unpaired) electrons. The molecule has 2 N–H and O–H groups in total. The molecule has 6 nitrogen and oxygen atoms in total. The Morgan fingerprint density at radius 2 is 2.15 bits per heavy atom. The standard InChI is InChI=1S/C14H15N3O3/c1-9-5-6-11(17(18)19)8-13(9)20-14-12(10(2)15)4-3-7-16-14/h3-8,10H,15H2,1-2H3/t10-/m0/s1. The van der Waals surface area contributed by atoms with Crippen LogP contribution in [0.25, 0.3) is 0 Å². The Bertz CT molecular complexity index is 641. The number of nitrogens with zero attached hydrogens (tertiary/aromatic N) is 2. The summed E-state index contributed by atoms with van der Waals surface area (Å²) in [6, 6.07) is 7.81. The van der Waals surface area contributed by atoms with E-state index in [1.807, 2.05) is 19.9 Å². The molecular formula is C14H15N3O3. The van der Waals surface area contributed by atoms with E-state index in [1.54, 1.807) is 18.3 Å². The minimum Gasteiger partial charge on any atom is -0.438 e. The number of rotatable bonds is 4. The maximum atomic E-state index is 10.8. The molecule has 20 heavy (non-hydrogen) atoms. The van der Waals surface area contributed by atoms with Gasteiger partial charge in [-0.1, -0.05) is 6.07 Å². The van der Waals surface area contributed by atoms with Gasteiger partial charge in [-0.05, 0) is 31.5 Å².